The van der Waals surface area contributed by atoms with Crippen LogP contribution in [0.15, 0.2) is 104 Å². The zero-order chi connectivity index (χ0) is 102. The van der Waals surface area contributed by atoms with Crippen molar-refractivity contribution in [1.29, 1.82) is 1.43 Å². The molecule has 0 spiro atoms. The monoisotopic (exact) mass is 1970 g/mol. The van der Waals surface area contributed by atoms with E-state index in [4.69, 9.17) is 40.2 Å². The molecular formula is C101H175Cl2KN6O22P+. The first-order valence-electron chi connectivity index (χ1n) is 49.4. The number of aliphatic hydroxyl groups is 8. The van der Waals surface area contributed by atoms with E-state index in [9.17, 15) is 58.8 Å². The molecule has 760 valence electrons. The summed E-state index contributed by atoms with van der Waals surface area (Å²) >= 11 is 4.61. The number of likely N-dealkylation sites (tertiary alicyclic amines) is 5. The Morgan fingerprint density at radius 1 is 0.504 bits per heavy atom. The molecule has 0 saturated carbocycles. The number of rotatable bonds is 34. The molecule has 6 saturated heterocycles. The number of aliphatic hydroxyl groups excluding tert-OH is 8. The summed E-state index contributed by atoms with van der Waals surface area (Å²) in [4.78, 5) is 100. The molecule has 6 fully saturated rings. The van der Waals surface area contributed by atoms with Crippen LogP contribution in [0.5, 0.6) is 0 Å². The molecule has 3 aromatic carbocycles. The number of hydrogen-bond acceptors (Lipinski definition) is 23. The van der Waals surface area contributed by atoms with Gasteiger partial charge < -0.3 is 104 Å². The van der Waals surface area contributed by atoms with Crippen LogP contribution < -0.4 is 77.7 Å². The standard InChI is InChI=1S/C19H35NO5.C19H35NO4.C19H18P.C11H21NO4.C11H19NO2.C10H17NO3.C6H13NO2.C4H9O.CH3Cl.CH4O.ClH.K/c1-25-19(24)11-9-7-5-3-2-4-6-8-10-18(23)20-13-12-16(14-20)17(22)15-21;1-16(21)17-13-14-20(15-17)18(22)11-9-7-5-3-4-6-8-10-12-19(23)24-2;1-20(17-11-5-2-6-12-17,18-13-7-3-8-14-18)19-15-9-4-10-16-19;1-11(2,3)16-10(15)12-5-4-8(6-12)9(14)7-13;1-5-9-6-7-12(8-9)10(13)14-11(2,3)4;1-10(2,3)14-9(13)11-5-4-8(6-11)7-12;8-4-6(9)5-1-2-7-3-5;1-4(2,3)5;2*1-2;;/h16-17,21-22H,2-15H2,1H3;16-17,21H,3-15H2,1-2H3;2-16H,1H3;8-9,13-14H,4-7H2,1-3H3;5,9H,1,6-8H2,2-4H3;7-8H,4-6H2,1-3H3;5-9H,1-4H2;1-3H3;1H3;2H,1H3;1H;/q;;+1;;;;;-1;;;;+1/i;1D;;;;;;;1TD;2T;;. The molecule has 0 radical (unpaired) electrons. The molecule has 0 aromatic heterocycles. The minimum Gasteiger partial charge on any atom is -0.850 e. The van der Waals surface area contributed by atoms with Gasteiger partial charge in [-0.05, 0) is 182 Å². The van der Waals surface area contributed by atoms with Crippen molar-refractivity contribution in [2.75, 3.05) is 133 Å². The topological polar surface area (TPSA) is 396 Å². The quantitative estimate of drug-likeness (QED) is 0.00392. The summed E-state index contributed by atoms with van der Waals surface area (Å²) in [7, 11) is 2.62. The molecule has 32 heteroatoms. The number of carbonyl (C=O) groups is 8. The molecule has 9 N–H and O–H groups in total. The Morgan fingerprint density at radius 3 is 1.07 bits per heavy atom. The maximum absolute atomic E-state index is 12.1. The number of amides is 5. The molecule has 6 aliphatic heterocycles. The molecule has 6 aliphatic rings. The first-order chi connectivity index (χ1) is 63.6. The van der Waals surface area contributed by atoms with Crippen LogP contribution in [0.3, 0.4) is 0 Å². The van der Waals surface area contributed by atoms with Gasteiger partial charge in [-0.1, -0.05) is 158 Å². The van der Waals surface area contributed by atoms with Gasteiger partial charge in [0.2, 0.25) is 13.2 Å². The third kappa shape index (κ3) is 61.3. The fourth-order valence-corrected chi connectivity index (χ4v) is 18.1. The number of carbonyl (C=O) groups excluding carboxylic acids is 8. The van der Waals surface area contributed by atoms with Crippen LogP contribution >= 0.6 is 31.3 Å². The van der Waals surface area contributed by atoms with Crippen molar-refractivity contribution >= 4 is 95.5 Å². The third-order valence-electron chi connectivity index (χ3n) is 22.5. The molecule has 5 amide bonds. The van der Waals surface area contributed by atoms with E-state index in [-0.39, 0.29) is 162 Å². The van der Waals surface area contributed by atoms with Gasteiger partial charge in [0.1, 0.15) is 46.3 Å². The second-order valence-electron chi connectivity index (χ2n) is 38.1. The Kier molecular flexibility index (Phi) is 69.9. The molecule has 11 atom stereocenters. The summed E-state index contributed by atoms with van der Waals surface area (Å²) in [5.74, 6) is 0.882. The average Bonchev–Trinajstić information content (AvgIpc) is 1.06. The molecule has 28 nitrogen and oxygen atoms in total. The molecule has 0 aliphatic carbocycles. The first-order valence-corrected chi connectivity index (χ1v) is 49.8. The third-order valence-corrected chi connectivity index (χ3v) is 26.5. The minimum atomic E-state index is -1.53. The molecule has 6 heterocycles. The van der Waals surface area contributed by atoms with Crippen LogP contribution in [0.1, 0.15) is 261 Å². The molecule has 9 rings (SSSR count). The number of esters is 2. The number of benzene rings is 3. The van der Waals surface area contributed by atoms with Gasteiger partial charge in [-0.15, -0.1) is 36.2 Å². The van der Waals surface area contributed by atoms with Gasteiger partial charge in [0, 0.05) is 145 Å². The molecular weight excluding hydrogens is 1790 g/mol. The Bertz CT molecular complexity index is 3420. The summed E-state index contributed by atoms with van der Waals surface area (Å²) in [6, 6.07) is 32.6. The summed E-state index contributed by atoms with van der Waals surface area (Å²) in [6.07, 6.45) is 22.8. The van der Waals surface area contributed by atoms with Crippen molar-refractivity contribution in [2.24, 2.45) is 35.5 Å². The maximum atomic E-state index is 12.1. The first kappa shape index (κ1) is 124. The number of ether oxygens (including phenoxy) is 5. The van der Waals surface area contributed by atoms with E-state index in [0.717, 1.165) is 148 Å². The Morgan fingerprint density at radius 2 is 0.782 bits per heavy atom. The van der Waals surface area contributed by atoms with Crippen LogP contribution in [0.4, 0.5) is 14.4 Å². The van der Waals surface area contributed by atoms with E-state index in [1.165, 1.54) is 62.9 Å². The molecule has 11 unspecified atom stereocenters. The fourth-order valence-electron chi connectivity index (χ4n) is 14.9. The van der Waals surface area contributed by atoms with Crippen LogP contribution in [-0.2, 0) is 47.7 Å². The normalized spacial score (nSPS) is 19.2. The van der Waals surface area contributed by atoms with Crippen molar-refractivity contribution in [1.82, 2.24) is 29.8 Å². The number of nitrogens with one attached hydrogen (secondary N) is 1. The molecule has 133 heavy (non-hydrogen) atoms. The largest absolute Gasteiger partial charge is 1.00 e. The van der Waals surface area contributed by atoms with Gasteiger partial charge >= 0.3 is 81.6 Å². The van der Waals surface area contributed by atoms with Crippen molar-refractivity contribution in [3.05, 3.63) is 104 Å². The fraction of sp³-hybridized carbons (Fsp3) is 0.723. The van der Waals surface area contributed by atoms with E-state index in [0.29, 0.717) is 83.8 Å². The minimum absolute atomic E-state index is 0. The van der Waals surface area contributed by atoms with Gasteiger partial charge in [-0.2, -0.15) is 0 Å². The van der Waals surface area contributed by atoms with E-state index in [2.05, 4.69) is 136 Å². The maximum Gasteiger partial charge on any atom is 1.00 e. The van der Waals surface area contributed by atoms with Crippen LogP contribution in [0, 0.1) is 35.5 Å². The van der Waals surface area contributed by atoms with Crippen LogP contribution in [0.25, 0.3) is 0 Å². The van der Waals surface area contributed by atoms with E-state index >= 15 is 0 Å². The zero-order valence-corrected chi connectivity index (χ0v) is 89.4. The van der Waals surface area contributed by atoms with Crippen molar-refractivity contribution in [3.8, 4) is 0 Å². The summed E-state index contributed by atoms with van der Waals surface area (Å²) in [6.45, 7) is 35.2. The van der Waals surface area contributed by atoms with Gasteiger partial charge in [-0.3, -0.25) is 19.2 Å². The second-order valence-corrected chi connectivity index (χ2v) is 41.6. The van der Waals surface area contributed by atoms with Crippen LogP contribution in [-0.4, -0.2) is 295 Å². The number of methoxy groups -OCH3 is 2. The molecule has 3 aromatic rings. The van der Waals surface area contributed by atoms with Crippen LogP contribution in [0.2, 0.25) is 0 Å². The number of nitrogens with zero attached hydrogens (tertiary/aromatic N) is 5. The number of aldehydes is 1. The predicted molar refractivity (Wildman–Crippen MR) is 530 cm³/mol. The number of alkyl halides is 1. The van der Waals surface area contributed by atoms with Gasteiger partial charge in [0.15, 0.2) is 0 Å². The van der Waals surface area contributed by atoms with E-state index in [1.807, 2.05) is 78.2 Å². The summed E-state index contributed by atoms with van der Waals surface area (Å²) < 4.78 is 49.9. The summed E-state index contributed by atoms with van der Waals surface area (Å²) in [5, 5.41) is 85.2. The molecule has 0 bridgehead atoms. The number of unbranched alkanes of at least 4 members (excludes halogenated alkanes) is 14. The van der Waals surface area contributed by atoms with Gasteiger partial charge in [0.05, 0.1) is 65.1 Å². The predicted octanol–water partition coefficient (Wildman–Crippen LogP) is 10.6. The van der Waals surface area contributed by atoms with Crippen molar-refractivity contribution in [3.63, 3.8) is 0 Å². The second kappa shape index (κ2) is 75.0. The Balaban J connectivity index is -0.00000152. The van der Waals surface area contributed by atoms with Gasteiger partial charge in [0.25, 0.3) is 0 Å². The van der Waals surface area contributed by atoms with E-state index in [1.54, 1.807) is 35.5 Å². The SMILES string of the molecule is C=CC1CCN(C(=O)OC(C)(C)C)C1.CC(C)(C)OC(=O)N1CCC(C(O)CO)C1.CC(C)(C)OC(=O)N1CCC(C=O)C1.CC(C)(C)[O-].COC(=O)CCCCCCCCCCC(=O)N1CCC(C(O)CO)C1.C[P+](c1ccccc1)(c1ccccc1)c1ccccc1.Cl.OCC(O)C1CCNC1.[2H]C([3H])Cl.[2H]CC(O)C1CCN(C(=O)CCCCCCCCCCC(=O)OC)C1.[3H]OC.[K+]. The average molecular weight is 1970 g/mol. The smallest absolute Gasteiger partial charge is 0.850 e. The Hall–Kier alpha value is -4.99. The van der Waals surface area contributed by atoms with Gasteiger partial charge in [-0.25, -0.2) is 14.4 Å². The van der Waals surface area contributed by atoms with Crippen molar-refractivity contribution < 1.29 is 163 Å². The van der Waals surface area contributed by atoms with E-state index < -0.39 is 60.4 Å². The number of hydrogen-bond donors (Lipinski definition) is 9. The van der Waals surface area contributed by atoms with Crippen molar-refractivity contribution in [2.45, 2.75) is 304 Å². The number of halogens is 2. The zero-order valence-electron chi connectivity index (χ0n) is 87.8. The summed E-state index contributed by atoms with van der Waals surface area (Å²) in [5.41, 5.74) is -2.11. The Labute approximate surface area is 859 Å².